The summed E-state index contributed by atoms with van der Waals surface area (Å²) in [5.74, 6) is -0.432. The Hall–Kier alpha value is -2.55. The van der Waals surface area contributed by atoms with Crippen molar-refractivity contribution < 1.29 is 22.3 Å². The Labute approximate surface area is 137 Å². The van der Waals surface area contributed by atoms with E-state index in [1.807, 2.05) is 0 Å². The highest BCUT2D eigenvalue weighted by atomic mass is 19.4. The maximum atomic E-state index is 14.1. The molecule has 0 heterocycles. The topological polar surface area (TPSA) is 33.0 Å². The fourth-order valence-electron chi connectivity index (χ4n) is 2.44. The van der Waals surface area contributed by atoms with E-state index in [4.69, 9.17) is 4.74 Å². The first-order valence-electron chi connectivity index (χ1n) is 7.18. The molecule has 6 heteroatoms. The molecule has 0 bridgehead atoms. The molecule has 126 valence electrons. The standard InChI is InChI=1S/C18H15F4NO/c1-10(2)14-7-15(17(24-3)8-16(14)19)13-5-4-12(18(20,21)22)6-11(13)9-23/h4-8,10H,1-3H3. The summed E-state index contributed by atoms with van der Waals surface area (Å²) < 4.78 is 57.7. The van der Waals surface area contributed by atoms with Gasteiger partial charge in [-0.2, -0.15) is 18.4 Å². The molecule has 24 heavy (non-hydrogen) atoms. The van der Waals surface area contributed by atoms with Gasteiger partial charge in [-0.1, -0.05) is 19.9 Å². The number of halogens is 4. The van der Waals surface area contributed by atoms with Crippen LogP contribution in [0.3, 0.4) is 0 Å². The Balaban J connectivity index is 2.72. The highest BCUT2D eigenvalue weighted by molar-refractivity contribution is 5.77. The number of rotatable bonds is 3. The zero-order valence-electron chi connectivity index (χ0n) is 13.3. The lowest BCUT2D eigenvalue weighted by Gasteiger charge is -2.16. The Kier molecular flexibility index (Phi) is 4.83. The number of hydrogen-bond acceptors (Lipinski definition) is 2. The van der Waals surface area contributed by atoms with E-state index in [2.05, 4.69) is 0 Å². The van der Waals surface area contributed by atoms with Crippen LogP contribution in [0.2, 0.25) is 0 Å². The Morgan fingerprint density at radius 3 is 2.25 bits per heavy atom. The molecule has 2 aromatic carbocycles. The Morgan fingerprint density at radius 1 is 1.08 bits per heavy atom. The summed E-state index contributed by atoms with van der Waals surface area (Å²) in [5, 5.41) is 9.23. The van der Waals surface area contributed by atoms with E-state index in [1.54, 1.807) is 19.9 Å². The second-order valence-electron chi connectivity index (χ2n) is 5.60. The quantitative estimate of drug-likeness (QED) is 0.691. The summed E-state index contributed by atoms with van der Waals surface area (Å²) in [7, 11) is 1.34. The summed E-state index contributed by atoms with van der Waals surface area (Å²) in [4.78, 5) is 0. The van der Waals surface area contributed by atoms with Crippen molar-refractivity contribution in [1.82, 2.24) is 0 Å². The van der Waals surface area contributed by atoms with Crippen LogP contribution in [0.25, 0.3) is 11.1 Å². The van der Waals surface area contributed by atoms with Gasteiger partial charge in [0.05, 0.1) is 24.3 Å². The van der Waals surface area contributed by atoms with Gasteiger partial charge in [0.2, 0.25) is 0 Å². The van der Waals surface area contributed by atoms with Crippen molar-refractivity contribution in [2.75, 3.05) is 7.11 Å². The van der Waals surface area contributed by atoms with Crippen LogP contribution in [-0.2, 0) is 6.18 Å². The van der Waals surface area contributed by atoms with Crippen LogP contribution in [-0.4, -0.2) is 7.11 Å². The van der Waals surface area contributed by atoms with E-state index in [0.29, 0.717) is 11.1 Å². The number of benzene rings is 2. The van der Waals surface area contributed by atoms with Crippen molar-refractivity contribution in [3.05, 3.63) is 52.8 Å². The van der Waals surface area contributed by atoms with Crippen LogP contribution in [0, 0.1) is 17.1 Å². The molecule has 0 saturated carbocycles. The largest absolute Gasteiger partial charge is 0.496 e. The lowest BCUT2D eigenvalue weighted by Crippen LogP contribution is -2.06. The molecule has 0 fully saturated rings. The van der Waals surface area contributed by atoms with Gasteiger partial charge in [0.15, 0.2) is 0 Å². The van der Waals surface area contributed by atoms with Crippen molar-refractivity contribution in [3.8, 4) is 22.9 Å². The predicted octanol–water partition coefficient (Wildman–Crippen LogP) is 5.52. The lowest BCUT2D eigenvalue weighted by molar-refractivity contribution is -0.137. The molecular formula is C18H15F4NO. The fraction of sp³-hybridized carbons (Fsp3) is 0.278. The normalized spacial score (nSPS) is 11.5. The summed E-state index contributed by atoms with van der Waals surface area (Å²) in [6.45, 7) is 3.60. The third-order valence-electron chi connectivity index (χ3n) is 3.70. The van der Waals surface area contributed by atoms with E-state index in [0.717, 1.165) is 12.1 Å². The molecule has 0 radical (unpaired) electrons. The maximum Gasteiger partial charge on any atom is 0.416 e. The van der Waals surface area contributed by atoms with E-state index in [-0.39, 0.29) is 22.8 Å². The van der Waals surface area contributed by atoms with Gasteiger partial charge in [0.25, 0.3) is 0 Å². The third kappa shape index (κ3) is 3.35. The predicted molar refractivity (Wildman–Crippen MR) is 82.2 cm³/mol. The number of nitriles is 1. The highest BCUT2D eigenvalue weighted by Crippen LogP contribution is 2.38. The van der Waals surface area contributed by atoms with E-state index in [1.165, 1.54) is 25.3 Å². The summed E-state index contributed by atoms with van der Waals surface area (Å²) in [5.41, 5.74) is -0.0101. The molecule has 0 aromatic heterocycles. The molecule has 0 aliphatic heterocycles. The Bertz CT molecular complexity index is 804. The number of hydrogen-bond donors (Lipinski definition) is 0. The molecule has 0 unspecified atom stereocenters. The molecule has 0 aliphatic rings. The van der Waals surface area contributed by atoms with E-state index >= 15 is 0 Å². The molecule has 0 atom stereocenters. The van der Waals surface area contributed by atoms with Crippen LogP contribution in [0.15, 0.2) is 30.3 Å². The van der Waals surface area contributed by atoms with Crippen LogP contribution in [0.1, 0.15) is 36.5 Å². The van der Waals surface area contributed by atoms with Gasteiger partial charge in [-0.25, -0.2) is 4.39 Å². The van der Waals surface area contributed by atoms with Gasteiger partial charge in [-0.3, -0.25) is 0 Å². The fourth-order valence-corrected chi connectivity index (χ4v) is 2.44. The number of ether oxygens (including phenoxy) is 1. The molecule has 0 N–H and O–H groups in total. The number of alkyl halides is 3. The molecule has 2 aromatic rings. The summed E-state index contributed by atoms with van der Waals surface area (Å²) in [6.07, 6.45) is -4.54. The SMILES string of the molecule is COc1cc(F)c(C(C)C)cc1-c1ccc(C(F)(F)F)cc1C#N. The van der Waals surface area contributed by atoms with Crippen LogP contribution < -0.4 is 4.74 Å². The molecule has 0 spiro atoms. The second kappa shape index (κ2) is 6.52. The van der Waals surface area contributed by atoms with Crippen LogP contribution in [0.5, 0.6) is 5.75 Å². The molecule has 0 amide bonds. The first-order chi connectivity index (χ1) is 11.2. The Morgan fingerprint density at radius 2 is 1.75 bits per heavy atom. The van der Waals surface area contributed by atoms with Crippen LogP contribution >= 0.6 is 0 Å². The zero-order valence-corrected chi connectivity index (χ0v) is 13.3. The molecule has 0 saturated heterocycles. The first kappa shape index (κ1) is 17.8. The maximum absolute atomic E-state index is 14.1. The van der Waals surface area contributed by atoms with E-state index < -0.39 is 17.6 Å². The molecule has 2 nitrogen and oxygen atoms in total. The van der Waals surface area contributed by atoms with Crippen molar-refractivity contribution in [1.29, 1.82) is 5.26 Å². The van der Waals surface area contributed by atoms with Gasteiger partial charge < -0.3 is 4.74 Å². The first-order valence-corrected chi connectivity index (χ1v) is 7.18. The lowest BCUT2D eigenvalue weighted by atomic mass is 9.92. The van der Waals surface area contributed by atoms with Gasteiger partial charge in [-0.15, -0.1) is 0 Å². The smallest absolute Gasteiger partial charge is 0.416 e. The zero-order chi connectivity index (χ0) is 18.1. The third-order valence-corrected chi connectivity index (χ3v) is 3.70. The molecule has 2 rings (SSSR count). The minimum Gasteiger partial charge on any atom is -0.496 e. The van der Waals surface area contributed by atoms with Crippen molar-refractivity contribution >= 4 is 0 Å². The second-order valence-corrected chi connectivity index (χ2v) is 5.60. The number of methoxy groups -OCH3 is 1. The molecule has 0 aliphatic carbocycles. The average molecular weight is 337 g/mol. The van der Waals surface area contributed by atoms with E-state index in [9.17, 15) is 22.8 Å². The highest BCUT2D eigenvalue weighted by Gasteiger charge is 2.31. The summed E-state index contributed by atoms with van der Waals surface area (Å²) in [6, 6.07) is 7.36. The average Bonchev–Trinajstić information content (AvgIpc) is 2.52. The van der Waals surface area contributed by atoms with Crippen LogP contribution in [0.4, 0.5) is 17.6 Å². The van der Waals surface area contributed by atoms with Gasteiger partial charge >= 0.3 is 6.18 Å². The van der Waals surface area contributed by atoms with Crippen molar-refractivity contribution in [3.63, 3.8) is 0 Å². The molecular weight excluding hydrogens is 322 g/mol. The van der Waals surface area contributed by atoms with Crippen molar-refractivity contribution in [2.45, 2.75) is 25.9 Å². The minimum atomic E-state index is -4.54. The van der Waals surface area contributed by atoms with Gasteiger partial charge in [0.1, 0.15) is 11.6 Å². The monoisotopic (exact) mass is 337 g/mol. The van der Waals surface area contributed by atoms with Gasteiger partial charge in [0, 0.05) is 17.2 Å². The summed E-state index contributed by atoms with van der Waals surface area (Å²) >= 11 is 0. The number of nitrogens with zero attached hydrogens (tertiary/aromatic N) is 1. The van der Waals surface area contributed by atoms with Crippen molar-refractivity contribution in [2.24, 2.45) is 0 Å². The van der Waals surface area contributed by atoms with Gasteiger partial charge in [-0.05, 0) is 29.7 Å². The minimum absolute atomic E-state index is 0.130.